The molecule has 228 valence electrons. The number of rotatable bonds is 8. The number of hydrogen-bond donors (Lipinski definition) is 2. The summed E-state index contributed by atoms with van der Waals surface area (Å²) >= 11 is 0. The van der Waals surface area contributed by atoms with Gasteiger partial charge in [0.15, 0.2) is 0 Å². The minimum atomic E-state index is -1.14. The Morgan fingerprint density at radius 1 is 1.02 bits per heavy atom. The second-order valence-corrected chi connectivity index (χ2v) is 13.3. The van der Waals surface area contributed by atoms with Crippen LogP contribution in [0.4, 0.5) is 5.69 Å². The van der Waals surface area contributed by atoms with Gasteiger partial charge in [0.25, 0.3) is 0 Å². The molecule has 1 aromatic carbocycles. The van der Waals surface area contributed by atoms with Crippen LogP contribution in [-0.2, 0) is 23.9 Å². The van der Waals surface area contributed by atoms with Crippen molar-refractivity contribution in [3.05, 3.63) is 41.5 Å². The van der Waals surface area contributed by atoms with Crippen LogP contribution in [0.2, 0.25) is 0 Å². The van der Waals surface area contributed by atoms with Gasteiger partial charge in [0.2, 0.25) is 17.7 Å². The number of ether oxygens (including phenoxy) is 2. The number of nitrogens with one attached hydrogen (secondary N) is 2. The smallest absolute Gasteiger partial charge is 0.246 e. The van der Waals surface area contributed by atoms with E-state index in [2.05, 4.69) is 35.4 Å². The Morgan fingerprint density at radius 2 is 1.76 bits per heavy atom. The molecular formula is C33H46N4O5. The third kappa shape index (κ3) is 5.28. The number of likely N-dealkylation sites (tertiary alicyclic amines) is 1. The summed E-state index contributed by atoms with van der Waals surface area (Å²) in [5, 5.41) is 6.40. The summed E-state index contributed by atoms with van der Waals surface area (Å²) in [5.41, 5.74) is 1.68. The zero-order chi connectivity index (χ0) is 29.6. The first-order valence-electron chi connectivity index (χ1n) is 15.9. The Morgan fingerprint density at radius 3 is 2.50 bits per heavy atom. The molecule has 1 aliphatic carbocycles. The van der Waals surface area contributed by atoms with E-state index in [0.29, 0.717) is 37.3 Å². The third-order valence-corrected chi connectivity index (χ3v) is 10.4. The maximum atomic E-state index is 14.3. The van der Waals surface area contributed by atoms with Crippen LogP contribution in [0.5, 0.6) is 0 Å². The molecule has 0 radical (unpaired) electrons. The lowest BCUT2D eigenvalue weighted by atomic mass is 9.73. The van der Waals surface area contributed by atoms with Crippen molar-refractivity contribution in [3.63, 3.8) is 0 Å². The van der Waals surface area contributed by atoms with Gasteiger partial charge in [-0.1, -0.05) is 44.9 Å². The van der Waals surface area contributed by atoms with Crippen molar-refractivity contribution in [1.82, 2.24) is 15.1 Å². The molecule has 9 nitrogen and oxygen atoms in total. The molecule has 0 aromatic heterocycles. The third-order valence-electron chi connectivity index (χ3n) is 10.4. The standard InChI is InChI=1S/C33H46N4O5/c1-20-17-21(2)19-24(18-20)34-30(38)27-26-9-10-33(42-26)28(27)32(40)37(12-6-11-36-13-15-41-16-14-36)29(33)31(39)35-25-8-5-7-22(3)23(25)4/h9-10,17-19,22-23,25-29H,5-8,11-16H2,1-4H3,(H,34,38)(H,35,39)/t22-,23-,25-,26+,27-,28+,29+,33+/m1/s1. The highest BCUT2D eigenvalue weighted by Crippen LogP contribution is 2.55. The number of aryl methyl sites for hydroxylation is 2. The van der Waals surface area contributed by atoms with E-state index in [1.54, 1.807) is 4.90 Å². The zero-order valence-corrected chi connectivity index (χ0v) is 25.4. The monoisotopic (exact) mass is 578 g/mol. The molecule has 2 N–H and O–H groups in total. The van der Waals surface area contributed by atoms with Crippen LogP contribution < -0.4 is 10.6 Å². The second kappa shape index (κ2) is 11.7. The fourth-order valence-electron chi connectivity index (χ4n) is 8.12. The van der Waals surface area contributed by atoms with E-state index in [0.717, 1.165) is 50.0 Å². The van der Waals surface area contributed by atoms with Gasteiger partial charge in [0, 0.05) is 37.9 Å². The second-order valence-electron chi connectivity index (χ2n) is 13.3. The molecule has 1 saturated carbocycles. The van der Waals surface area contributed by atoms with Crippen LogP contribution >= 0.6 is 0 Å². The Bertz CT molecular complexity index is 1220. The summed E-state index contributed by atoms with van der Waals surface area (Å²) in [4.78, 5) is 46.3. The summed E-state index contributed by atoms with van der Waals surface area (Å²) in [7, 11) is 0. The Labute approximate surface area is 249 Å². The molecule has 1 spiro atoms. The molecule has 42 heavy (non-hydrogen) atoms. The molecule has 4 heterocycles. The molecule has 0 unspecified atom stereocenters. The van der Waals surface area contributed by atoms with Crippen LogP contribution in [0.15, 0.2) is 30.4 Å². The number of amides is 3. The first kappa shape index (κ1) is 29.3. The van der Waals surface area contributed by atoms with Gasteiger partial charge in [-0.25, -0.2) is 0 Å². The lowest BCUT2D eigenvalue weighted by Crippen LogP contribution is -2.58. The Hall–Kier alpha value is -2.75. The van der Waals surface area contributed by atoms with Gasteiger partial charge < -0.3 is 25.0 Å². The first-order chi connectivity index (χ1) is 20.2. The van der Waals surface area contributed by atoms with Crippen molar-refractivity contribution >= 4 is 23.4 Å². The van der Waals surface area contributed by atoms with Gasteiger partial charge in [-0.05, 0) is 61.8 Å². The van der Waals surface area contributed by atoms with E-state index in [4.69, 9.17) is 9.47 Å². The largest absolute Gasteiger partial charge is 0.379 e. The lowest BCUT2D eigenvalue weighted by Gasteiger charge is -2.38. The number of nitrogens with zero attached hydrogens (tertiary/aromatic N) is 2. The number of anilines is 1. The highest BCUT2D eigenvalue weighted by atomic mass is 16.5. The molecule has 6 rings (SSSR count). The molecule has 4 fully saturated rings. The minimum Gasteiger partial charge on any atom is -0.379 e. The van der Waals surface area contributed by atoms with Crippen molar-refractivity contribution < 1.29 is 23.9 Å². The van der Waals surface area contributed by atoms with Gasteiger partial charge in [0.05, 0.1) is 31.2 Å². The number of morpholine rings is 1. The topological polar surface area (TPSA) is 100 Å². The number of benzene rings is 1. The molecule has 5 aliphatic rings. The van der Waals surface area contributed by atoms with Gasteiger partial charge >= 0.3 is 0 Å². The number of carbonyl (C=O) groups is 3. The lowest BCUT2D eigenvalue weighted by molar-refractivity contribution is -0.141. The maximum absolute atomic E-state index is 14.3. The Kier molecular flexibility index (Phi) is 8.19. The average molecular weight is 579 g/mol. The normalized spacial score (nSPS) is 35.9. The molecule has 3 saturated heterocycles. The van der Waals surface area contributed by atoms with Crippen LogP contribution in [0.3, 0.4) is 0 Å². The summed E-state index contributed by atoms with van der Waals surface area (Å²) < 4.78 is 12.0. The van der Waals surface area contributed by atoms with Crippen LogP contribution in [-0.4, -0.2) is 90.7 Å². The predicted molar refractivity (Wildman–Crippen MR) is 160 cm³/mol. The zero-order valence-electron chi connectivity index (χ0n) is 25.4. The van der Waals surface area contributed by atoms with Crippen molar-refractivity contribution in [3.8, 4) is 0 Å². The highest BCUT2D eigenvalue weighted by molar-refractivity contribution is 6.02. The summed E-state index contributed by atoms with van der Waals surface area (Å²) in [5.74, 6) is -1.11. The van der Waals surface area contributed by atoms with E-state index in [1.165, 1.54) is 6.42 Å². The summed E-state index contributed by atoms with van der Waals surface area (Å²) in [6.45, 7) is 12.9. The Balaban J connectivity index is 1.25. The van der Waals surface area contributed by atoms with Crippen molar-refractivity contribution in [2.75, 3.05) is 44.7 Å². The summed E-state index contributed by atoms with van der Waals surface area (Å²) in [6, 6.07) is 5.18. The molecule has 4 aliphatic heterocycles. The van der Waals surface area contributed by atoms with Gasteiger partial charge in [0.1, 0.15) is 11.6 Å². The molecule has 3 amide bonds. The molecule has 8 atom stereocenters. The summed E-state index contributed by atoms with van der Waals surface area (Å²) in [6.07, 6.45) is 7.17. The maximum Gasteiger partial charge on any atom is 0.246 e. The average Bonchev–Trinajstić information content (AvgIpc) is 3.59. The van der Waals surface area contributed by atoms with Gasteiger partial charge in [-0.2, -0.15) is 0 Å². The molecule has 9 heteroatoms. The number of fused-ring (bicyclic) bond motifs is 1. The molecule has 2 bridgehead atoms. The van der Waals surface area contributed by atoms with Crippen molar-refractivity contribution in [1.29, 1.82) is 0 Å². The van der Waals surface area contributed by atoms with E-state index >= 15 is 0 Å². The molecular weight excluding hydrogens is 532 g/mol. The number of hydrogen-bond acceptors (Lipinski definition) is 6. The fourth-order valence-corrected chi connectivity index (χ4v) is 8.12. The van der Waals surface area contributed by atoms with Gasteiger partial charge in [-0.15, -0.1) is 0 Å². The number of carbonyl (C=O) groups excluding carboxylic acids is 3. The van der Waals surface area contributed by atoms with E-state index in [1.807, 2.05) is 38.1 Å². The van der Waals surface area contributed by atoms with E-state index in [9.17, 15) is 14.4 Å². The van der Waals surface area contributed by atoms with Crippen LogP contribution in [0, 0.1) is 37.5 Å². The van der Waals surface area contributed by atoms with E-state index in [-0.39, 0.29) is 23.8 Å². The predicted octanol–water partition coefficient (Wildman–Crippen LogP) is 3.06. The van der Waals surface area contributed by atoms with E-state index < -0.39 is 29.6 Å². The highest BCUT2D eigenvalue weighted by Gasteiger charge is 2.72. The van der Waals surface area contributed by atoms with Gasteiger partial charge in [-0.3, -0.25) is 19.3 Å². The van der Waals surface area contributed by atoms with Crippen molar-refractivity contribution in [2.24, 2.45) is 23.7 Å². The van der Waals surface area contributed by atoms with Crippen LogP contribution in [0.25, 0.3) is 0 Å². The first-order valence-corrected chi connectivity index (χ1v) is 15.9. The van der Waals surface area contributed by atoms with Crippen LogP contribution in [0.1, 0.15) is 50.7 Å². The fraction of sp³-hybridized carbons (Fsp3) is 0.667. The van der Waals surface area contributed by atoms with Crippen molar-refractivity contribution in [2.45, 2.75) is 77.2 Å². The molecule has 1 aromatic rings. The quantitative estimate of drug-likeness (QED) is 0.460. The SMILES string of the molecule is Cc1cc(C)cc(NC(=O)[C@@H]2[C@@H]3C=C[C@]4(O3)[C@@H]2C(=O)N(CCCN2CCOCC2)[C@H]4C(=O)N[C@@H]2CCC[C@@H](C)[C@H]2C)c1. The minimum absolute atomic E-state index is 0.0632.